The summed E-state index contributed by atoms with van der Waals surface area (Å²) in [5, 5.41) is 4.84. The van der Waals surface area contributed by atoms with Crippen molar-refractivity contribution in [3.05, 3.63) is 76.7 Å². The van der Waals surface area contributed by atoms with Gasteiger partial charge in [-0.05, 0) is 57.0 Å². The van der Waals surface area contributed by atoms with E-state index in [1.54, 1.807) is 0 Å². The number of hydrogen-bond donors (Lipinski definition) is 1. The standard InChI is InChI=1S/C26H30N4S.2ClH/c1-19-17-22-25(27-23-13-6-7-14-24(23)28-26(22)31-19)30-16-15-29(2)21(18-30)12-8-11-20-9-4-3-5-10-20;;/h3-7,9-10,13-14,17,21,28H,8,11-12,15-16,18H2,1-2H3;2*1H/t21-;;/m0../s1. The van der Waals surface area contributed by atoms with E-state index in [-0.39, 0.29) is 24.8 Å². The summed E-state index contributed by atoms with van der Waals surface area (Å²) in [5.41, 5.74) is 4.80. The van der Waals surface area contributed by atoms with Gasteiger partial charge in [0.2, 0.25) is 0 Å². The second-order valence-corrected chi connectivity index (χ2v) is 9.89. The predicted molar refractivity (Wildman–Crippen MR) is 147 cm³/mol. The minimum atomic E-state index is 0. The first kappa shape index (κ1) is 25.6. The van der Waals surface area contributed by atoms with Gasteiger partial charge in [0.15, 0.2) is 0 Å². The van der Waals surface area contributed by atoms with E-state index in [1.165, 1.54) is 33.8 Å². The SMILES string of the molecule is Cc1cc2c(s1)Nc1ccccc1N=C2N1CCN(C)[C@@H](CCCc2ccccc2)C1.Cl.Cl. The summed E-state index contributed by atoms with van der Waals surface area (Å²) in [5.74, 6) is 1.12. The van der Waals surface area contributed by atoms with E-state index >= 15 is 0 Å². The number of benzene rings is 2. The lowest BCUT2D eigenvalue weighted by molar-refractivity contribution is 0.132. The van der Waals surface area contributed by atoms with Gasteiger partial charge in [-0.2, -0.15) is 0 Å². The molecule has 33 heavy (non-hydrogen) atoms. The van der Waals surface area contributed by atoms with Gasteiger partial charge in [0.25, 0.3) is 0 Å². The zero-order chi connectivity index (χ0) is 21.2. The average molecular weight is 504 g/mol. The Morgan fingerprint density at radius 2 is 1.79 bits per heavy atom. The topological polar surface area (TPSA) is 30.9 Å². The first-order chi connectivity index (χ1) is 15.2. The number of nitrogens with one attached hydrogen (secondary N) is 1. The van der Waals surface area contributed by atoms with Gasteiger partial charge in [0, 0.05) is 30.6 Å². The highest BCUT2D eigenvalue weighted by atomic mass is 35.5. The molecular formula is C26H32Cl2N4S. The van der Waals surface area contributed by atoms with Gasteiger partial charge in [0.1, 0.15) is 10.8 Å². The molecule has 0 amide bonds. The number of anilines is 2. The van der Waals surface area contributed by atoms with Crippen LogP contribution in [0.15, 0.2) is 65.7 Å². The Balaban J connectivity index is 0.00000153. The molecule has 1 saturated heterocycles. The number of nitrogens with zero attached hydrogens (tertiary/aromatic N) is 3. The molecule has 0 spiro atoms. The van der Waals surface area contributed by atoms with Crippen molar-refractivity contribution in [2.45, 2.75) is 32.2 Å². The van der Waals surface area contributed by atoms with Gasteiger partial charge in [-0.3, -0.25) is 4.90 Å². The van der Waals surface area contributed by atoms with Crippen molar-refractivity contribution in [1.82, 2.24) is 9.80 Å². The molecule has 7 heteroatoms. The van der Waals surface area contributed by atoms with E-state index in [1.807, 2.05) is 11.3 Å². The molecule has 3 heterocycles. The van der Waals surface area contributed by atoms with Crippen molar-refractivity contribution >= 4 is 58.4 Å². The summed E-state index contributed by atoms with van der Waals surface area (Å²) in [4.78, 5) is 11.5. The number of para-hydroxylation sites is 2. The zero-order valence-corrected chi connectivity index (χ0v) is 21.6. The van der Waals surface area contributed by atoms with E-state index in [0.29, 0.717) is 6.04 Å². The number of likely N-dealkylation sites (N-methyl/N-ethyl adjacent to an activating group) is 1. The lowest BCUT2D eigenvalue weighted by Gasteiger charge is -2.41. The molecule has 1 aromatic heterocycles. The lowest BCUT2D eigenvalue weighted by atomic mass is 10.0. The summed E-state index contributed by atoms with van der Waals surface area (Å²) in [7, 11) is 2.27. The van der Waals surface area contributed by atoms with Crippen LogP contribution in [0.2, 0.25) is 0 Å². The van der Waals surface area contributed by atoms with Crippen LogP contribution in [0.3, 0.4) is 0 Å². The van der Waals surface area contributed by atoms with E-state index in [2.05, 4.69) is 89.8 Å². The second kappa shape index (κ2) is 11.4. The number of aryl methyl sites for hydroxylation is 2. The third-order valence-corrected chi connectivity index (χ3v) is 7.36. The number of aliphatic imine (C=N–C) groups is 1. The summed E-state index contributed by atoms with van der Waals surface area (Å²) in [6, 6.07) is 22.1. The van der Waals surface area contributed by atoms with Gasteiger partial charge in [-0.25, -0.2) is 4.99 Å². The van der Waals surface area contributed by atoms with E-state index < -0.39 is 0 Å². The molecule has 0 radical (unpaired) electrons. The molecule has 3 aromatic rings. The summed E-state index contributed by atoms with van der Waals surface area (Å²) in [6.45, 7) is 5.30. The van der Waals surface area contributed by atoms with E-state index in [9.17, 15) is 0 Å². The quantitative estimate of drug-likeness (QED) is 0.431. The molecule has 1 fully saturated rings. The molecule has 0 saturated carbocycles. The van der Waals surface area contributed by atoms with Crippen LogP contribution in [-0.2, 0) is 6.42 Å². The lowest BCUT2D eigenvalue weighted by Crippen LogP contribution is -2.53. The fraction of sp³-hybridized carbons (Fsp3) is 0.346. The van der Waals surface area contributed by atoms with Crippen molar-refractivity contribution in [2.75, 3.05) is 32.0 Å². The maximum Gasteiger partial charge on any atom is 0.139 e. The van der Waals surface area contributed by atoms with Crippen LogP contribution in [0.1, 0.15) is 28.8 Å². The fourth-order valence-electron chi connectivity index (χ4n) is 4.62. The summed E-state index contributed by atoms with van der Waals surface area (Å²) >= 11 is 1.82. The first-order valence-electron chi connectivity index (χ1n) is 11.2. The Morgan fingerprint density at radius 1 is 1.03 bits per heavy atom. The van der Waals surface area contributed by atoms with Crippen LogP contribution in [0.25, 0.3) is 0 Å². The smallest absolute Gasteiger partial charge is 0.139 e. The molecule has 2 aliphatic heterocycles. The van der Waals surface area contributed by atoms with Crippen molar-refractivity contribution in [3.63, 3.8) is 0 Å². The largest absolute Gasteiger partial charge is 0.353 e. The molecule has 0 bridgehead atoms. The minimum Gasteiger partial charge on any atom is -0.353 e. The van der Waals surface area contributed by atoms with Gasteiger partial charge in [0.05, 0.1) is 16.9 Å². The van der Waals surface area contributed by atoms with Crippen LogP contribution < -0.4 is 5.32 Å². The molecule has 5 rings (SSSR count). The molecule has 0 unspecified atom stereocenters. The second-order valence-electron chi connectivity index (χ2n) is 8.64. The molecule has 0 aliphatic carbocycles. The maximum absolute atomic E-state index is 5.17. The fourth-order valence-corrected chi connectivity index (χ4v) is 5.54. The van der Waals surface area contributed by atoms with Crippen LogP contribution in [0.5, 0.6) is 0 Å². The van der Waals surface area contributed by atoms with Gasteiger partial charge in [-0.15, -0.1) is 36.2 Å². The molecule has 4 nitrogen and oxygen atoms in total. The Bertz CT molecular complexity index is 1080. The molecule has 1 atom stereocenters. The number of halogens is 2. The molecule has 2 aliphatic rings. The van der Waals surface area contributed by atoms with Crippen molar-refractivity contribution < 1.29 is 0 Å². The Kier molecular flexibility index (Phi) is 8.82. The minimum absolute atomic E-state index is 0. The predicted octanol–water partition coefficient (Wildman–Crippen LogP) is 6.67. The number of fused-ring (bicyclic) bond motifs is 2. The Labute approximate surface area is 213 Å². The summed E-state index contributed by atoms with van der Waals surface area (Å²) < 4.78 is 0. The number of amidine groups is 1. The normalized spacial score (nSPS) is 17.5. The van der Waals surface area contributed by atoms with Crippen molar-refractivity contribution in [2.24, 2.45) is 4.99 Å². The zero-order valence-electron chi connectivity index (χ0n) is 19.2. The monoisotopic (exact) mass is 502 g/mol. The highest BCUT2D eigenvalue weighted by molar-refractivity contribution is 7.16. The third kappa shape index (κ3) is 5.72. The van der Waals surface area contributed by atoms with Crippen LogP contribution >= 0.6 is 36.2 Å². The third-order valence-electron chi connectivity index (χ3n) is 6.40. The van der Waals surface area contributed by atoms with Crippen LogP contribution in [0, 0.1) is 6.92 Å². The van der Waals surface area contributed by atoms with Crippen LogP contribution in [-0.4, -0.2) is 48.4 Å². The number of hydrogen-bond acceptors (Lipinski definition) is 5. The maximum atomic E-state index is 5.17. The number of thiophene rings is 1. The van der Waals surface area contributed by atoms with Crippen molar-refractivity contribution in [3.8, 4) is 0 Å². The van der Waals surface area contributed by atoms with Gasteiger partial charge < -0.3 is 10.2 Å². The molecule has 2 aromatic carbocycles. The molecule has 176 valence electrons. The van der Waals surface area contributed by atoms with Gasteiger partial charge in [-0.1, -0.05) is 42.5 Å². The highest BCUT2D eigenvalue weighted by Crippen LogP contribution is 2.39. The van der Waals surface area contributed by atoms with Crippen molar-refractivity contribution in [1.29, 1.82) is 0 Å². The number of piperazine rings is 1. The molecule has 1 N–H and O–H groups in total. The first-order valence-corrected chi connectivity index (χ1v) is 12.0. The number of rotatable bonds is 4. The Morgan fingerprint density at radius 3 is 2.61 bits per heavy atom. The van der Waals surface area contributed by atoms with E-state index in [4.69, 9.17) is 4.99 Å². The Hall–Kier alpha value is -2.05. The summed E-state index contributed by atoms with van der Waals surface area (Å²) in [6.07, 6.45) is 3.57. The molecular weight excluding hydrogens is 471 g/mol. The van der Waals surface area contributed by atoms with E-state index in [0.717, 1.165) is 43.3 Å². The highest BCUT2D eigenvalue weighted by Gasteiger charge is 2.29. The van der Waals surface area contributed by atoms with Gasteiger partial charge >= 0.3 is 0 Å². The van der Waals surface area contributed by atoms with Crippen LogP contribution in [0.4, 0.5) is 16.4 Å². The average Bonchev–Trinajstić information content (AvgIpc) is 3.07.